The smallest absolute Gasteiger partial charge is 0.201 e. The van der Waals surface area contributed by atoms with Crippen LogP contribution in [0.25, 0.3) is 0 Å². The van der Waals surface area contributed by atoms with E-state index in [0.29, 0.717) is 5.82 Å². The van der Waals surface area contributed by atoms with E-state index in [4.69, 9.17) is 0 Å². The first kappa shape index (κ1) is 12.0. The average Bonchev–Trinajstić information content (AvgIpc) is 2.63. The molecule has 0 bridgehead atoms. The second-order valence-electron chi connectivity index (χ2n) is 4.00. The highest BCUT2D eigenvalue weighted by Gasteiger charge is 2.21. The van der Waals surface area contributed by atoms with Gasteiger partial charge in [-0.05, 0) is 12.8 Å². The molecule has 15 heavy (non-hydrogen) atoms. The lowest BCUT2D eigenvalue weighted by atomic mass is 9.93. The van der Waals surface area contributed by atoms with Crippen molar-refractivity contribution in [3.05, 3.63) is 18.2 Å². The van der Waals surface area contributed by atoms with Gasteiger partial charge in [0.1, 0.15) is 0 Å². The summed E-state index contributed by atoms with van der Waals surface area (Å²) in [6, 6.07) is 0. The third-order valence-corrected chi connectivity index (χ3v) is 2.69. The number of aryl methyl sites for hydroxylation is 1. The number of hydrogen-bond donors (Lipinski definition) is 0. The molecule has 0 unspecified atom stereocenters. The molecule has 0 spiro atoms. The zero-order valence-corrected chi connectivity index (χ0v) is 9.86. The number of rotatable bonds is 6. The predicted octanol–water partition coefficient (Wildman–Crippen LogP) is 2.82. The van der Waals surface area contributed by atoms with E-state index in [1.165, 1.54) is 0 Å². The van der Waals surface area contributed by atoms with Gasteiger partial charge in [0.05, 0.1) is 0 Å². The van der Waals surface area contributed by atoms with Crippen molar-refractivity contribution in [3.8, 4) is 0 Å². The van der Waals surface area contributed by atoms with Crippen molar-refractivity contribution >= 4 is 5.78 Å². The SMILES string of the molecule is CCCC(CCC)C(=O)c1nccn1C. The number of ketones is 1. The van der Waals surface area contributed by atoms with Crippen molar-refractivity contribution in [1.29, 1.82) is 0 Å². The van der Waals surface area contributed by atoms with Crippen LogP contribution >= 0.6 is 0 Å². The summed E-state index contributed by atoms with van der Waals surface area (Å²) in [5, 5.41) is 0. The molecule has 3 nitrogen and oxygen atoms in total. The molecular weight excluding hydrogens is 188 g/mol. The predicted molar refractivity (Wildman–Crippen MR) is 60.8 cm³/mol. The monoisotopic (exact) mass is 208 g/mol. The van der Waals surface area contributed by atoms with Crippen LogP contribution in [0.3, 0.4) is 0 Å². The molecule has 84 valence electrons. The number of hydrogen-bond acceptors (Lipinski definition) is 2. The molecule has 0 fully saturated rings. The van der Waals surface area contributed by atoms with Gasteiger partial charge >= 0.3 is 0 Å². The van der Waals surface area contributed by atoms with Crippen LogP contribution in [0.2, 0.25) is 0 Å². The van der Waals surface area contributed by atoms with Crippen LogP contribution in [0.15, 0.2) is 12.4 Å². The zero-order chi connectivity index (χ0) is 11.3. The summed E-state index contributed by atoms with van der Waals surface area (Å²) in [6.07, 6.45) is 7.56. The zero-order valence-electron chi connectivity index (χ0n) is 9.86. The van der Waals surface area contributed by atoms with Gasteiger partial charge in [-0.2, -0.15) is 0 Å². The topological polar surface area (TPSA) is 34.9 Å². The van der Waals surface area contributed by atoms with Crippen LogP contribution < -0.4 is 0 Å². The molecule has 0 N–H and O–H groups in total. The minimum Gasteiger partial charge on any atom is -0.332 e. The Balaban J connectivity index is 2.76. The van der Waals surface area contributed by atoms with Gasteiger partial charge in [-0.1, -0.05) is 26.7 Å². The minimum absolute atomic E-state index is 0.154. The molecule has 1 aromatic heterocycles. The van der Waals surface area contributed by atoms with E-state index in [1.54, 1.807) is 10.8 Å². The van der Waals surface area contributed by atoms with Gasteiger partial charge in [-0.15, -0.1) is 0 Å². The van der Waals surface area contributed by atoms with Gasteiger partial charge in [-0.25, -0.2) is 4.98 Å². The van der Waals surface area contributed by atoms with Crippen molar-refractivity contribution < 1.29 is 4.79 Å². The average molecular weight is 208 g/mol. The maximum absolute atomic E-state index is 12.1. The maximum Gasteiger partial charge on any atom is 0.201 e. The van der Waals surface area contributed by atoms with E-state index in [1.807, 2.05) is 13.2 Å². The molecule has 1 rings (SSSR count). The number of carbonyl (C=O) groups excluding carboxylic acids is 1. The lowest BCUT2D eigenvalue weighted by Crippen LogP contribution is -2.18. The summed E-state index contributed by atoms with van der Waals surface area (Å²) in [4.78, 5) is 16.2. The van der Waals surface area contributed by atoms with E-state index in [-0.39, 0.29) is 11.7 Å². The molecule has 0 saturated carbocycles. The number of Topliss-reactive ketones (excluding diaryl/α,β-unsaturated/α-hetero) is 1. The minimum atomic E-state index is 0.154. The lowest BCUT2D eigenvalue weighted by molar-refractivity contribution is 0.0891. The summed E-state index contributed by atoms with van der Waals surface area (Å²) in [6.45, 7) is 4.24. The van der Waals surface area contributed by atoms with E-state index in [9.17, 15) is 4.79 Å². The first-order valence-electron chi connectivity index (χ1n) is 5.72. The normalized spacial score (nSPS) is 10.9. The van der Waals surface area contributed by atoms with Gasteiger partial charge in [0.2, 0.25) is 5.78 Å². The second kappa shape index (κ2) is 5.69. The molecule has 1 heterocycles. The first-order chi connectivity index (χ1) is 7.20. The van der Waals surface area contributed by atoms with Crippen LogP contribution in [-0.4, -0.2) is 15.3 Å². The van der Waals surface area contributed by atoms with Crippen LogP contribution in [0.5, 0.6) is 0 Å². The Kier molecular flexibility index (Phi) is 4.53. The van der Waals surface area contributed by atoms with Crippen molar-refractivity contribution in [3.63, 3.8) is 0 Å². The van der Waals surface area contributed by atoms with Gasteiger partial charge in [0, 0.05) is 25.4 Å². The van der Waals surface area contributed by atoms with E-state index in [0.717, 1.165) is 25.7 Å². The highest BCUT2D eigenvalue weighted by molar-refractivity contribution is 5.94. The fourth-order valence-electron chi connectivity index (χ4n) is 1.89. The summed E-state index contributed by atoms with van der Waals surface area (Å²) in [5.74, 6) is 0.953. The third-order valence-electron chi connectivity index (χ3n) is 2.69. The van der Waals surface area contributed by atoms with Gasteiger partial charge in [-0.3, -0.25) is 4.79 Å². The van der Waals surface area contributed by atoms with Gasteiger partial charge in [0.15, 0.2) is 5.82 Å². The molecule has 0 aliphatic heterocycles. The van der Waals surface area contributed by atoms with Crippen LogP contribution in [-0.2, 0) is 7.05 Å². The molecule has 0 aliphatic carbocycles. The molecule has 0 atom stereocenters. The molecule has 0 aliphatic rings. The summed E-state index contributed by atoms with van der Waals surface area (Å²) >= 11 is 0. The Morgan fingerprint density at radius 1 is 1.40 bits per heavy atom. The highest BCUT2D eigenvalue weighted by Crippen LogP contribution is 2.18. The van der Waals surface area contributed by atoms with Crippen LogP contribution in [0.4, 0.5) is 0 Å². The largest absolute Gasteiger partial charge is 0.332 e. The molecular formula is C12H20N2O. The summed E-state index contributed by atoms with van der Waals surface area (Å²) < 4.78 is 1.81. The van der Waals surface area contributed by atoms with Gasteiger partial charge < -0.3 is 4.57 Å². The van der Waals surface area contributed by atoms with E-state index < -0.39 is 0 Å². The van der Waals surface area contributed by atoms with E-state index >= 15 is 0 Å². The van der Waals surface area contributed by atoms with Gasteiger partial charge in [0.25, 0.3) is 0 Å². The molecule has 0 saturated heterocycles. The molecule has 0 aromatic carbocycles. The second-order valence-corrected chi connectivity index (χ2v) is 4.00. The molecule has 0 radical (unpaired) electrons. The van der Waals surface area contributed by atoms with Crippen LogP contribution in [0.1, 0.15) is 50.1 Å². The van der Waals surface area contributed by atoms with E-state index in [2.05, 4.69) is 18.8 Å². The van der Waals surface area contributed by atoms with Crippen molar-refractivity contribution in [1.82, 2.24) is 9.55 Å². The maximum atomic E-state index is 12.1. The Morgan fingerprint density at radius 3 is 2.40 bits per heavy atom. The fourth-order valence-corrected chi connectivity index (χ4v) is 1.89. The molecule has 3 heteroatoms. The quantitative estimate of drug-likeness (QED) is 0.674. The Labute approximate surface area is 91.5 Å². The Bertz CT molecular complexity index is 311. The number of nitrogens with zero attached hydrogens (tertiary/aromatic N) is 2. The van der Waals surface area contributed by atoms with Crippen LogP contribution in [0, 0.1) is 5.92 Å². The highest BCUT2D eigenvalue weighted by atomic mass is 16.1. The number of imidazole rings is 1. The lowest BCUT2D eigenvalue weighted by Gasteiger charge is -2.13. The molecule has 1 aromatic rings. The third kappa shape index (κ3) is 2.91. The summed E-state index contributed by atoms with van der Waals surface area (Å²) in [5.41, 5.74) is 0. The first-order valence-corrected chi connectivity index (χ1v) is 5.72. The van der Waals surface area contributed by atoms with Crippen molar-refractivity contribution in [2.24, 2.45) is 13.0 Å². The molecule has 0 amide bonds. The Hall–Kier alpha value is -1.12. The summed E-state index contributed by atoms with van der Waals surface area (Å²) in [7, 11) is 1.87. The fraction of sp³-hybridized carbons (Fsp3) is 0.667. The van der Waals surface area contributed by atoms with Crippen molar-refractivity contribution in [2.75, 3.05) is 0 Å². The Morgan fingerprint density at radius 2 is 2.00 bits per heavy atom. The van der Waals surface area contributed by atoms with Crippen molar-refractivity contribution in [2.45, 2.75) is 39.5 Å². The standard InChI is InChI=1S/C12H20N2O/c1-4-6-10(7-5-2)11(15)12-13-8-9-14(12)3/h8-10H,4-7H2,1-3H3. The number of aromatic nitrogens is 2. The number of carbonyl (C=O) groups is 1.